The number of carbonyl (C=O) groups excluding carboxylic acids is 2. The van der Waals surface area contributed by atoms with Crippen LogP contribution in [0.15, 0.2) is 72.8 Å². The summed E-state index contributed by atoms with van der Waals surface area (Å²) in [6, 6.07) is 21.9. The van der Waals surface area contributed by atoms with E-state index in [1.54, 1.807) is 42.5 Å². The number of aryl methyl sites for hydroxylation is 1. The molecule has 0 saturated carbocycles. The quantitative estimate of drug-likeness (QED) is 0.172. The highest BCUT2D eigenvalue weighted by Crippen LogP contribution is 2.49. The van der Waals surface area contributed by atoms with Gasteiger partial charge in [0.05, 0.1) is 5.56 Å². The van der Waals surface area contributed by atoms with Crippen molar-refractivity contribution in [2.24, 2.45) is 0 Å². The van der Waals surface area contributed by atoms with E-state index in [4.69, 9.17) is 9.47 Å². The van der Waals surface area contributed by atoms with Gasteiger partial charge in [-0.2, -0.15) is 0 Å². The highest BCUT2D eigenvalue weighted by atomic mass is 16.5. The summed E-state index contributed by atoms with van der Waals surface area (Å²) in [5.74, 6) is -0.607. The summed E-state index contributed by atoms with van der Waals surface area (Å²) in [7, 11) is 0. The molecule has 0 radical (unpaired) electrons. The normalized spacial score (nSPS) is 12.5. The zero-order valence-electron chi connectivity index (χ0n) is 31.0. The van der Waals surface area contributed by atoms with E-state index in [1.165, 1.54) is 5.56 Å². The lowest BCUT2D eigenvalue weighted by Gasteiger charge is -2.34. The maximum atomic E-state index is 14.6. The predicted octanol–water partition coefficient (Wildman–Crippen LogP) is 11.0. The van der Waals surface area contributed by atoms with Gasteiger partial charge in [0.25, 0.3) is 0 Å². The summed E-state index contributed by atoms with van der Waals surface area (Å²) >= 11 is 0. The number of aromatic hydroxyl groups is 1. The number of hydrogen-bond acceptors (Lipinski definition) is 5. The van der Waals surface area contributed by atoms with Crippen molar-refractivity contribution in [2.75, 3.05) is 0 Å². The van der Waals surface area contributed by atoms with Gasteiger partial charge < -0.3 is 14.6 Å². The number of phenols is 1. The van der Waals surface area contributed by atoms with Gasteiger partial charge in [0.15, 0.2) is 0 Å². The lowest BCUT2D eigenvalue weighted by atomic mass is 9.71. The molecule has 5 heteroatoms. The highest BCUT2D eigenvalue weighted by Gasteiger charge is 2.36. The summed E-state index contributed by atoms with van der Waals surface area (Å²) < 4.78 is 11.8. The third kappa shape index (κ3) is 7.84. The van der Waals surface area contributed by atoms with Crippen LogP contribution in [0.3, 0.4) is 0 Å². The van der Waals surface area contributed by atoms with Gasteiger partial charge in [0.1, 0.15) is 22.8 Å². The summed E-state index contributed by atoms with van der Waals surface area (Å²) in [5.41, 5.74) is 5.08. The number of ether oxygens (including phenoxy) is 2. The van der Waals surface area contributed by atoms with Gasteiger partial charge in [-0.05, 0) is 75.6 Å². The van der Waals surface area contributed by atoms with E-state index in [2.05, 4.69) is 59.7 Å². The van der Waals surface area contributed by atoms with Crippen molar-refractivity contribution in [1.82, 2.24) is 0 Å². The molecule has 0 amide bonds. The fraction of sp³-hybridized carbons (Fsp3) is 0.395. The van der Waals surface area contributed by atoms with Gasteiger partial charge in [0.2, 0.25) is 0 Å². The van der Waals surface area contributed by atoms with Crippen molar-refractivity contribution in [3.63, 3.8) is 0 Å². The molecule has 0 saturated heterocycles. The van der Waals surface area contributed by atoms with E-state index >= 15 is 0 Å². The van der Waals surface area contributed by atoms with Gasteiger partial charge in [-0.25, -0.2) is 9.59 Å². The minimum Gasteiger partial charge on any atom is -0.507 e. The second-order valence-electron chi connectivity index (χ2n) is 16.9. The number of para-hydroxylation sites is 1. The molecular formula is C43H52O5. The van der Waals surface area contributed by atoms with Crippen molar-refractivity contribution < 1.29 is 24.2 Å². The second kappa shape index (κ2) is 12.9. The molecule has 0 heterocycles. The van der Waals surface area contributed by atoms with Crippen LogP contribution in [0.25, 0.3) is 11.1 Å². The summed E-state index contributed by atoms with van der Waals surface area (Å²) in [6.07, 6.45) is 0. The monoisotopic (exact) mass is 648 g/mol. The maximum absolute atomic E-state index is 14.6. The Bertz CT molecular complexity index is 1830. The molecule has 1 N–H and O–H groups in total. The molecule has 48 heavy (non-hydrogen) atoms. The zero-order chi connectivity index (χ0) is 36.0. The van der Waals surface area contributed by atoms with E-state index in [9.17, 15) is 14.7 Å². The first-order valence-electron chi connectivity index (χ1n) is 16.7. The summed E-state index contributed by atoms with van der Waals surface area (Å²) in [6.45, 7) is 27.2. The van der Waals surface area contributed by atoms with Crippen LogP contribution in [-0.4, -0.2) is 17.0 Å². The zero-order valence-corrected chi connectivity index (χ0v) is 31.0. The highest BCUT2D eigenvalue weighted by molar-refractivity contribution is 6.03. The Morgan fingerprint density at radius 1 is 0.583 bits per heavy atom. The number of benzene rings is 4. The first-order chi connectivity index (χ1) is 22.0. The van der Waals surface area contributed by atoms with Crippen LogP contribution in [-0.2, 0) is 21.7 Å². The van der Waals surface area contributed by atoms with Crippen LogP contribution in [0.1, 0.15) is 132 Å². The van der Waals surface area contributed by atoms with Crippen molar-refractivity contribution in [3.05, 3.63) is 112 Å². The van der Waals surface area contributed by atoms with Crippen molar-refractivity contribution in [2.45, 2.75) is 112 Å². The van der Waals surface area contributed by atoms with Crippen molar-refractivity contribution in [1.29, 1.82) is 0 Å². The molecule has 0 fully saturated rings. The summed E-state index contributed by atoms with van der Waals surface area (Å²) in [5, 5.41) is 12.0. The number of phenolic OH excluding ortho intramolecular Hbond substituents is 1. The van der Waals surface area contributed by atoms with Gasteiger partial charge >= 0.3 is 11.9 Å². The Morgan fingerprint density at radius 3 is 1.69 bits per heavy atom. The molecule has 254 valence electrons. The average molecular weight is 649 g/mol. The predicted molar refractivity (Wildman–Crippen MR) is 196 cm³/mol. The Balaban J connectivity index is 1.99. The molecule has 4 aromatic rings. The molecule has 0 aliphatic carbocycles. The van der Waals surface area contributed by atoms with E-state index in [0.717, 1.165) is 16.7 Å². The smallest absolute Gasteiger partial charge is 0.347 e. The number of carbonyl (C=O) groups is 2. The number of hydrogen-bond donors (Lipinski definition) is 1. The van der Waals surface area contributed by atoms with Crippen molar-refractivity contribution >= 4 is 11.9 Å². The molecule has 4 aromatic carbocycles. The lowest BCUT2D eigenvalue weighted by molar-refractivity contribution is 0.0707. The standard InChI is InChI=1S/C43H52O5/c1-26-18-21-28(22-19-26)47-38(45)30-16-14-15-17-34(30)48-39(46)31-25-33(42(8,9)10)37(44)36(43(11,12)13)35(31)29-23-20-27(40(2,3)4)24-32(29)41(5,6)7/h14-25,44H,1-13H3. The fourth-order valence-corrected chi connectivity index (χ4v) is 5.91. The largest absolute Gasteiger partial charge is 0.507 e. The average Bonchev–Trinajstić information content (AvgIpc) is 2.95. The fourth-order valence-electron chi connectivity index (χ4n) is 5.91. The van der Waals surface area contributed by atoms with Gasteiger partial charge in [-0.15, -0.1) is 0 Å². The van der Waals surface area contributed by atoms with Gasteiger partial charge in [0, 0.05) is 16.7 Å². The number of esters is 2. The Labute approximate surface area is 287 Å². The molecule has 0 spiro atoms. The van der Waals surface area contributed by atoms with E-state index in [0.29, 0.717) is 28.0 Å². The third-order valence-electron chi connectivity index (χ3n) is 8.58. The molecule has 0 aliphatic heterocycles. The van der Waals surface area contributed by atoms with E-state index in [-0.39, 0.29) is 27.9 Å². The number of rotatable bonds is 5. The minimum absolute atomic E-state index is 0.0902. The maximum Gasteiger partial charge on any atom is 0.347 e. The van der Waals surface area contributed by atoms with Crippen LogP contribution in [0.4, 0.5) is 0 Å². The first-order valence-corrected chi connectivity index (χ1v) is 16.7. The van der Waals surface area contributed by atoms with E-state index in [1.807, 2.05) is 60.6 Å². The SMILES string of the molecule is Cc1ccc(OC(=O)c2ccccc2OC(=O)c2cc(C(C)(C)C)c(O)c(C(C)(C)C)c2-c2ccc(C(C)(C)C)cc2C(C)(C)C)cc1. The lowest BCUT2D eigenvalue weighted by Crippen LogP contribution is -2.24. The second-order valence-corrected chi connectivity index (χ2v) is 16.9. The van der Waals surface area contributed by atoms with E-state index < -0.39 is 22.8 Å². The Kier molecular flexibility index (Phi) is 9.81. The summed E-state index contributed by atoms with van der Waals surface area (Å²) in [4.78, 5) is 27.9. The van der Waals surface area contributed by atoms with Crippen LogP contribution in [0, 0.1) is 6.92 Å². The molecule has 0 unspecified atom stereocenters. The molecule has 0 atom stereocenters. The molecule has 0 bridgehead atoms. The van der Waals surface area contributed by atoms with Crippen LogP contribution in [0.2, 0.25) is 0 Å². The minimum atomic E-state index is -0.633. The molecule has 0 aromatic heterocycles. The molecule has 5 nitrogen and oxygen atoms in total. The third-order valence-corrected chi connectivity index (χ3v) is 8.58. The molecule has 0 aliphatic rings. The van der Waals surface area contributed by atoms with Crippen LogP contribution < -0.4 is 9.47 Å². The topological polar surface area (TPSA) is 72.8 Å². The van der Waals surface area contributed by atoms with Crippen LogP contribution >= 0.6 is 0 Å². The van der Waals surface area contributed by atoms with Gasteiger partial charge in [-0.3, -0.25) is 0 Å². The van der Waals surface area contributed by atoms with Crippen molar-refractivity contribution in [3.8, 4) is 28.4 Å². The van der Waals surface area contributed by atoms with Gasteiger partial charge in [-0.1, -0.05) is 131 Å². The Morgan fingerprint density at radius 2 is 1.15 bits per heavy atom. The Hall–Kier alpha value is -4.38. The molecule has 4 rings (SSSR count). The first kappa shape index (κ1) is 36.5. The van der Waals surface area contributed by atoms with Crippen LogP contribution in [0.5, 0.6) is 17.2 Å². The molecular weight excluding hydrogens is 596 g/mol.